The van der Waals surface area contributed by atoms with Gasteiger partial charge in [0, 0.05) is 37.2 Å². The zero-order valence-electron chi connectivity index (χ0n) is 13.9. The molecule has 1 aromatic carbocycles. The van der Waals surface area contributed by atoms with Crippen molar-refractivity contribution in [1.82, 2.24) is 15.6 Å². The van der Waals surface area contributed by atoms with Crippen LogP contribution in [0.4, 0.5) is 0 Å². The number of fused-ring (bicyclic) bond motifs is 1. The summed E-state index contributed by atoms with van der Waals surface area (Å²) in [6, 6.07) is 8.42. The molecule has 128 valence electrons. The molecule has 0 radical (unpaired) electrons. The van der Waals surface area contributed by atoms with Crippen LogP contribution in [0.1, 0.15) is 18.4 Å². The average Bonchev–Trinajstić information content (AvgIpc) is 2.96. The van der Waals surface area contributed by atoms with E-state index < -0.39 is 0 Å². The Kier molecular flexibility index (Phi) is 10.2. The molecule has 4 nitrogen and oxygen atoms in total. The molecule has 0 atom stereocenters. The molecule has 6 heteroatoms. The molecule has 23 heavy (non-hydrogen) atoms. The highest BCUT2D eigenvalue weighted by molar-refractivity contribution is 14.0. The van der Waals surface area contributed by atoms with E-state index in [1.165, 1.54) is 35.1 Å². The largest absolute Gasteiger partial charge is 0.361 e. The molecule has 0 aliphatic rings. The third kappa shape index (κ3) is 6.63. The zero-order valence-corrected chi connectivity index (χ0v) is 17.0. The van der Waals surface area contributed by atoms with Gasteiger partial charge in [-0.1, -0.05) is 18.2 Å². The Bertz CT molecular complexity index is 597. The quantitative estimate of drug-likeness (QED) is 0.251. The maximum atomic E-state index is 4.27. The summed E-state index contributed by atoms with van der Waals surface area (Å²) in [6.45, 7) is 1.86. The van der Waals surface area contributed by atoms with Gasteiger partial charge in [0.25, 0.3) is 0 Å². The van der Waals surface area contributed by atoms with Gasteiger partial charge in [-0.3, -0.25) is 4.99 Å². The normalized spacial score (nSPS) is 11.3. The molecule has 3 N–H and O–H groups in total. The van der Waals surface area contributed by atoms with Gasteiger partial charge in [-0.25, -0.2) is 0 Å². The first-order valence-electron chi connectivity index (χ1n) is 7.83. The van der Waals surface area contributed by atoms with Crippen molar-refractivity contribution in [3.8, 4) is 0 Å². The summed E-state index contributed by atoms with van der Waals surface area (Å²) in [6.07, 6.45) is 7.67. The number of aliphatic imine (C=N–C) groups is 1. The second-order valence-electron chi connectivity index (χ2n) is 5.24. The summed E-state index contributed by atoms with van der Waals surface area (Å²) in [5, 5.41) is 8.06. The van der Waals surface area contributed by atoms with Gasteiger partial charge in [0.15, 0.2) is 5.96 Å². The number of unbranched alkanes of at least 4 members (excludes halogenated alkanes) is 1. The summed E-state index contributed by atoms with van der Waals surface area (Å²) in [4.78, 5) is 7.59. The number of aromatic nitrogens is 1. The Hall–Kier alpha value is -0.890. The van der Waals surface area contributed by atoms with Crippen LogP contribution in [0.3, 0.4) is 0 Å². The molecule has 2 rings (SSSR count). The number of aromatic amines is 1. The first kappa shape index (κ1) is 20.2. The number of hydrogen-bond donors (Lipinski definition) is 3. The lowest BCUT2D eigenvalue weighted by atomic mass is 10.1. The standard InChI is InChI=1S/C17H26N4S.HI/c1-18-17(19-10-5-6-12-22-2)20-11-9-14-13-21-16-8-4-3-7-15(14)16;/h3-4,7-8,13,21H,5-6,9-12H2,1-2H3,(H2,18,19,20);1H. The second kappa shape index (κ2) is 11.6. The number of rotatable bonds is 8. The number of hydrogen-bond acceptors (Lipinski definition) is 2. The summed E-state index contributed by atoms with van der Waals surface area (Å²) < 4.78 is 0. The molecule has 1 heterocycles. The molecule has 0 amide bonds. The van der Waals surface area contributed by atoms with Crippen molar-refractivity contribution >= 4 is 52.6 Å². The van der Waals surface area contributed by atoms with E-state index in [4.69, 9.17) is 0 Å². The SMILES string of the molecule is CN=C(NCCCCSC)NCCc1c[nH]c2ccccc12.I. The maximum absolute atomic E-state index is 4.27. The topological polar surface area (TPSA) is 52.2 Å². The van der Waals surface area contributed by atoms with Crippen LogP contribution in [0.25, 0.3) is 10.9 Å². The molecule has 0 fully saturated rings. The number of halogens is 1. The lowest BCUT2D eigenvalue weighted by Gasteiger charge is -2.11. The van der Waals surface area contributed by atoms with Crippen molar-refractivity contribution in [3.63, 3.8) is 0 Å². The number of nitrogens with one attached hydrogen (secondary N) is 3. The van der Waals surface area contributed by atoms with Crippen molar-refractivity contribution in [2.45, 2.75) is 19.3 Å². The van der Waals surface area contributed by atoms with Crippen LogP contribution < -0.4 is 10.6 Å². The molecule has 0 saturated heterocycles. The number of H-pyrrole nitrogens is 1. The van der Waals surface area contributed by atoms with Crippen LogP contribution in [-0.4, -0.2) is 43.1 Å². The van der Waals surface area contributed by atoms with Gasteiger partial charge in [0.2, 0.25) is 0 Å². The highest BCUT2D eigenvalue weighted by atomic mass is 127. The Labute approximate surface area is 160 Å². The predicted molar refractivity (Wildman–Crippen MR) is 114 cm³/mol. The molecule has 0 aliphatic heterocycles. The van der Waals surface area contributed by atoms with Gasteiger partial charge < -0.3 is 15.6 Å². The predicted octanol–water partition coefficient (Wildman–Crippen LogP) is 3.64. The Balaban J connectivity index is 0.00000264. The summed E-state index contributed by atoms with van der Waals surface area (Å²) in [7, 11) is 1.82. The lowest BCUT2D eigenvalue weighted by molar-refractivity contribution is 0.731. The van der Waals surface area contributed by atoms with Gasteiger partial charge in [0.05, 0.1) is 0 Å². The molecular weight excluding hydrogens is 419 g/mol. The molecule has 1 aromatic heterocycles. The van der Waals surface area contributed by atoms with E-state index in [9.17, 15) is 0 Å². The fourth-order valence-corrected chi connectivity index (χ4v) is 2.95. The van der Waals surface area contributed by atoms with Gasteiger partial charge in [-0.2, -0.15) is 11.8 Å². The molecule has 0 bridgehead atoms. The van der Waals surface area contributed by atoms with Gasteiger partial charge in [-0.05, 0) is 42.9 Å². The maximum Gasteiger partial charge on any atom is 0.190 e. The zero-order chi connectivity index (χ0) is 15.6. The van der Waals surface area contributed by atoms with E-state index in [1.807, 2.05) is 18.8 Å². The van der Waals surface area contributed by atoms with E-state index in [0.717, 1.165) is 25.5 Å². The Morgan fingerprint density at radius 3 is 2.74 bits per heavy atom. The van der Waals surface area contributed by atoms with Crippen LogP contribution in [0, 0.1) is 0 Å². The molecule has 2 aromatic rings. The van der Waals surface area contributed by atoms with E-state index in [0.29, 0.717) is 0 Å². The Morgan fingerprint density at radius 2 is 1.96 bits per heavy atom. The van der Waals surface area contributed by atoms with E-state index in [2.05, 4.69) is 57.3 Å². The number of thioether (sulfide) groups is 1. The third-order valence-corrected chi connectivity index (χ3v) is 4.35. The highest BCUT2D eigenvalue weighted by Crippen LogP contribution is 2.17. The van der Waals surface area contributed by atoms with E-state index >= 15 is 0 Å². The van der Waals surface area contributed by atoms with Crippen LogP contribution in [0.5, 0.6) is 0 Å². The minimum atomic E-state index is 0. The van der Waals surface area contributed by atoms with E-state index in [1.54, 1.807) is 0 Å². The molecule has 0 saturated carbocycles. The van der Waals surface area contributed by atoms with Crippen LogP contribution >= 0.6 is 35.7 Å². The molecule has 0 unspecified atom stereocenters. The van der Waals surface area contributed by atoms with Gasteiger partial charge in [-0.15, -0.1) is 24.0 Å². The number of guanidine groups is 1. The third-order valence-electron chi connectivity index (χ3n) is 3.65. The minimum Gasteiger partial charge on any atom is -0.361 e. The van der Waals surface area contributed by atoms with Crippen molar-refractivity contribution in [2.75, 3.05) is 32.1 Å². The van der Waals surface area contributed by atoms with Gasteiger partial charge in [0.1, 0.15) is 0 Å². The van der Waals surface area contributed by atoms with Gasteiger partial charge >= 0.3 is 0 Å². The molecule has 0 aliphatic carbocycles. The first-order valence-corrected chi connectivity index (χ1v) is 9.23. The van der Waals surface area contributed by atoms with Crippen LogP contribution in [-0.2, 0) is 6.42 Å². The minimum absolute atomic E-state index is 0. The molecular formula is C17H27IN4S. The van der Waals surface area contributed by atoms with Crippen molar-refractivity contribution in [1.29, 1.82) is 0 Å². The van der Waals surface area contributed by atoms with Crippen molar-refractivity contribution < 1.29 is 0 Å². The fraction of sp³-hybridized carbons (Fsp3) is 0.471. The second-order valence-corrected chi connectivity index (χ2v) is 6.22. The summed E-state index contributed by atoms with van der Waals surface area (Å²) in [5.41, 5.74) is 2.55. The monoisotopic (exact) mass is 446 g/mol. The average molecular weight is 446 g/mol. The smallest absolute Gasteiger partial charge is 0.190 e. The fourth-order valence-electron chi connectivity index (χ4n) is 2.45. The number of para-hydroxylation sites is 1. The summed E-state index contributed by atoms with van der Waals surface area (Å²) >= 11 is 1.90. The van der Waals surface area contributed by atoms with Crippen molar-refractivity contribution in [3.05, 3.63) is 36.0 Å². The number of nitrogens with zero attached hydrogens (tertiary/aromatic N) is 1. The first-order chi connectivity index (χ1) is 10.8. The lowest BCUT2D eigenvalue weighted by Crippen LogP contribution is -2.38. The van der Waals surface area contributed by atoms with Crippen LogP contribution in [0.2, 0.25) is 0 Å². The highest BCUT2D eigenvalue weighted by Gasteiger charge is 2.03. The molecule has 0 spiro atoms. The summed E-state index contributed by atoms with van der Waals surface area (Å²) in [5.74, 6) is 2.12. The van der Waals surface area contributed by atoms with Crippen LogP contribution in [0.15, 0.2) is 35.5 Å². The Morgan fingerprint density at radius 1 is 1.17 bits per heavy atom. The van der Waals surface area contributed by atoms with E-state index in [-0.39, 0.29) is 24.0 Å². The van der Waals surface area contributed by atoms with Crippen molar-refractivity contribution in [2.24, 2.45) is 4.99 Å². The number of benzene rings is 1.